The zero-order valence-electron chi connectivity index (χ0n) is 14.0. The second-order valence-electron chi connectivity index (χ2n) is 6.23. The number of hydrogen-bond donors (Lipinski definition) is 1. The molecule has 3 atom stereocenters. The van der Waals surface area contributed by atoms with Crippen molar-refractivity contribution in [3.05, 3.63) is 41.1 Å². The molecular weight excluding hydrogens is 294 g/mol. The Kier molecular flexibility index (Phi) is 4.26. The SMILES string of the molecule is Cc1cc([C@@H](C)NC(=O)[C@H]2CCO[C@@H]2c2cnn(C)c2)c(C)o1. The number of rotatable bonds is 4. The highest BCUT2D eigenvalue weighted by atomic mass is 16.5. The molecule has 0 bridgehead atoms. The molecule has 2 aromatic heterocycles. The molecule has 3 rings (SSSR count). The predicted molar refractivity (Wildman–Crippen MR) is 84.7 cm³/mol. The van der Waals surface area contributed by atoms with Crippen LogP contribution < -0.4 is 5.32 Å². The van der Waals surface area contributed by atoms with Crippen LogP contribution in [0.5, 0.6) is 0 Å². The summed E-state index contributed by atoms with van der Waals surface area (Å²) < 4.78 is 13.0. The molecule has 1 amide bonds. The van der Waals surface area contributed by atoms with Crippen molar-refractivity contribution in [1.82, 2.24) is 15.1 Å². The van der Waals surface area contributed by atoms with Crippen LogP contribution in [0.1, 0.15) is 48.1 Å². The van der Waals surface area contributed by atoms with Crippen LogP contribution in [0.2, 0.25) is 0 Å². The van der Waals surface area contributed by atoms with Crippen LogP contribution in [0.25, 0.3) is 0 Å². The number of carbonyl (C=O) groups excluding carboxylic acids is 1. The minimum absolute atomic E-state index is 0.0158. The fourth-order valence-corrected chi connectivity index (χ4v) is 3.25. The highest BCUT2D eigenvalue weighted by Gasteiger charge is 2.36. The highest BCUT2D eigenvalue weighted by molar-refractivity contribution is 5.80. The van der Waals surface area contributed by atoms with Gasteiger partial charge in [-0.05, 0) is 33.3 Å². The quantitative estimate of drug-likeness (QED) is 0.941. The number of nitrogens with zero attached hydrogens (tertiary/aromatic N) is 2. The Labute approximate surface area is 135 Å². The van der Waals surface area contributed by atoms with Crippen molar-refractivity contribution in [2.24, 2.45) is 13.0 Å². The molecule has 0 radical (unpaired) electrons. The van der Waals surface area contributed by atoms with Crippen LogP contribution in [0, 0.1) is 19.8 Å². The molecular formula is C17H23N3O3. The highest BCUT2D eigenvalue weighted by Crippen LogP contribution is 2.35. The number of ether oxygens (including phenoxy) is 1. The van der Waals surface area contributed by atoms with Gasteiger partial charge in [-0.25, -0.2) is 0 Å². The van der Waals surface area contributed by atoms with Gasteiger partial charge in [0.25, 0.3) is 0 Å². The van der Waals surface area contributed by atoms with Crippen molar-refractivity contribution in [3.8, 4) is 0 Å². The Morgan fingerprint density at radius 2 is 2.26 bits per heavy atom. The number of aryl methyl sites for hydroxylation is 3. The first-order valence-corrected chi connectivity index (χ1v) is 7.93. The van der Waals surface area contributed by atoms with Gasteiger partial charge in [0.05, 0.1) is 24.3 Å². The number of carbonyl (C=O) groups is 1. The van der Waals surface area contributed by atoms with E-state index in [0.29, 0.717) is 6.61 Å². The van der Waals surface area contributed by atoms with E-state index in [9.17, 15) is 4.79 Å². The molecule has 6 nitrogen and oxygen atoms in total. The molecule has 2 aromatic rings. The summed E-state index contributed by atoms with van der Waals surface area (Å²) in [5, 5.41) is 7.26. The lowest BCUT2D eigenvalue weighted by Crippen LogP contribution is -2.34. The number of amides is 1. The summed E-state index contributed by atoms with van der Waals surface area (Å²) in [6.07, 6.45) is 4.18. The first kappa shape index (κ1) is 15.8. The Hall–Kier alpha value is -2.08. The number of furan rings is 1. The summed E-state index contributed by atoms with van der Waals surface area (Å²) >= 11 is 0. The largest absolute Gasteiger partial charge is 0.466 e. The van der Waals surface area contributed by atoms with Gasteiger partial charge < -0.3 is 14.5 Å². The Morgan fingerprint density at radius 1 is 1.48 bits per heavy atom. The van der Waals surface area contributed by atoms with E-state index in [1.807, 2.05) is 40.1 Å². The molecule has 3 heterocycles. The van der Waals surface area contributed by atoms with Gasteiger partial charge in [0, 0.05) is 31.0 Å². The van der Waals surface area contributed by atoms with Gasteiger partial charge in [-0.3, -0.25) is 9.48 Å². The van der Waals surface area contributed by atoms with Gasteiger partial charge in [0.15, 0.2) is 0 Å². The summed E-state index contributed by atoms with van der Waals surface area (Å²) in [4.78, 5) is 12.7. The third-order valence-electron chi connectivity index (χ3n) is 4.39. The summed E-state index contributed by atoms with van der Waals surface area (Å²) in [5.41, 5.74) is 1.97. The maximum Gasteiger partial charge on any atom is 0.226 e. The fraction of sp³-hybridized carbons (Fsp3) is 0.529. The van der Waals surface area contributed by atoms with Gasteiger partial charge in [-0.15, -0.1) is 0 Å². The van der Waals surface area contributed by atoms with E-state index in [1.54, 1.807) is 10.9 Å². The molecule has 0 saturated carbocycles. The van der Waals surface area contributed by atoms with E-state index in [-0.39, 0.29) is 24.0 Å². The minimum atomic E-state index is -0.219. The van der Waals surface area contributed by atoms with E-state index in [4.69, 9.17) is 9.15 Å². The van der Waals surface area contributed by atoms with Crippen LogP contribution in [-0.2, 0) is 16.6 Å². The van der Waals surface area contributed by atoms with Crippen molar-refractivity contribution < 1.29 is 13.9 Å². The average molecular weight is 317 g/mol. The summed E-state index contributed by atoms with van der Waals surface area (Å²) in [5.74, 6) is 1.54. The van der Waals surface area contributed by atoms with E-state index >= 15 is 0 Å². The molecule has 1 N–H and O–H groups in total. The first-order valence-electron chi connectivity index (χ1n) is 7.93. The number of nitrogens with one attached hydrogen (secondary N) is 1. The standard InChI is InChI=1S/C17H23N3O3/c1-10-7-15(12(3)23-10)11(2)19-17(21)14-5-6-22-16(14)13-8-18-20(4)9-13/h7-9,11,14,16H,5-6H2,1-4H3,(H,19,21)/t11-,14+,16-/m1/s1. The maximum absolute atomic E-state index is 12.7. The second kappa shape index (κ2) is 6.20. The Morgan fingerprint density at radius 3 is 2.87 bits per heavy atom. The Balaban J connectivity index is 1.71. The average Bonchev–Trinajstić information content (AvgIpc) is 3.18. The lowest BCUT2D eigenvalue weighted by atomic mass is 9.95. The van der Waals surface area contributed by atoms with Crippen LogP contribution in [0.4, 0.5) is 0 Å². The van der Waals surface area contributed by atoms with Crippen molar-refractivity contribution in [1.29, 1.82) is 0 Å². The van der Waals surface area contributed by atoms with Crippen LogP contribution >= 0.6 is 0 Å². The van der Waals surface area contributed by atoms with Crippen LogP contribution in [0.3, 0.4) is 0 Å². The maximum atomic E-state index is 12.7. The number of aromatic nitrogens is 2. The van der Waals surface area contributed by atoms with E-state index in [1.165, 1.54) is 0 Å². The van der Waals surface area contributed by atoms with Crippen molar-refractivity contribution in [3.63, 3.8) is 0 Å². The molecule has 0 aromatic carbocycles. The molecule has 1 fully saturated rings. The zero-order chi connectivity index (χ0) is 16.6. The van der Waals surface area contributed by atoms with Crippen molar-refractivity contribution in [2.45, 2.75) is 39.3 Å². The van der Waals surface area contributed by atoms with Crippen molar-refractivity contribution >= 4 is 5.91 Å². The lowest BCUT2D eigenvalue weighted by molar-refractivity contribution is -0.127. The van der Waals surface area contributed by atoms with Gasteiger partial charge in [0.1, 0.15) is 11.5 Å². The summed E-state index contributed by atoms with van der Waals surface area (Å²) in [7, 11) is 1.86. The molecule has 6 heteroatoms. The van der Waals surface area contributed by atoms with Crippen LogP contribution in [-0.4, -0.2) is 22.3 Å². The Bertz CT molecular complexity index is 704. The third-order valence-corrected chi connectivity index (χ3v) is 4.39. The second-order valence-corrected chi connectivity index (χ2v) is 6.23. The molecule has 0 aliphatic carbocycles. The normalized spacial score (nSPS) is 22.3. The topological polar surface area (TPSA) is 69.3 Å². The van der Waals surface area contributed by atoms with Gasteiger partial charge in [-0.1, -0.05) is 0 Å². The molecule has 124 valence electrons. The third kappa shape index (κ3) is 3.17. The van der Waals surface area contributed by atoms with E-state index in [0.717, 1.165) is 29.1 Å². The molecule has 23 heavy (non-hydrogen) atoms. The number of hydrogen-bond acceptors (Lipinski definition) is 4. The predicted octanol–water partition coefficient (Wildman–Crippen LogP) is 2.58. The molecule has 1 saturated heterocycles. The van der Waals surface area contributed by atoms with E-state index < -0.39 is 0 Å². The summed E-state index contributed by atoms with van der Waals surface area (Å²) in [6.45, 7) is 6.40. The van der Waals surface area contributed by atoms with Crippen molar-refractivity contribution in [2.75, 3.05) is 6.61 Å². The smallest absolute Gasteiger partial charge is 0.226 e. The molecule has 1 aliphatic heterocycles. The monoisotopic (exact) mass is 317 g/mol. The summed E-state index contributed by atoms with van der Waals surface area (Å²) in [6, 6.07) is 1.89. The van der Waals surface area contributed by atoms with Crippen LogP contribution in [0.15, 0.2) is 22.9 Å². The van der Waals surface area contributed by atoms with Gasteiger partial charge in [-0.2, -0.15) is 5.10 Å². The fourth-order valence-electron chi connectivity index (χ4n) is 3.25. The van der Waals surface area contributed by atoms with Gasteiger partial charge in [0.2, 0.25) is 5.91 Å². The molecule has 0 unspecified atom stereocenters. The van der Waals surface area contributed by atoms with Gasteiger partial charge >= 0.3 is 0 Å². The molecule has 1 aliphatic rings. The zero-order valence-corrected chi connectivity index (χ0v) is 14.0. The molecule has 0 spiro atoms. The lowest BCUT2D eigenvalue weighted by Gasteiger charge is -2.20. The first-order chi connectivity index (χ1) is 11.0. The minimum Gasteiger partial charge on any atom is -0.466 e. The van der Waals surface area contributed by atoms with E-state index in [2.05, 4.69) is 10.4 Å².